The molecule has 3 rings (SSSR count). The molecular formula is C21H29FN2O2+2. The summed E-state index contributed by atoms with van der Waals surface area (Å²) in [4.78, 5) is 1.47. The molecule has 1 aliphatic rings. The lowest BCUT2D eigenvalue weighted by Gasteiger charge is -2.36. The highest BCUT2D eigenvalue weighted by molar-refractivity contribution is 5.49. The van der Waals surface area contributed by atoms with Crippen molar-refractivity contribution in [2.24, 2.45) is 0 Å². The monoisotopic (exact) mass is 360 g/mol. The highest BCUT2D eigenvalue weighted by Gasteiger charge is 2.38. The van der Waals surface area contributed by atoms with Crippen LogP contribution in [-0.4, -0.2) is 26.8 Å². The molecule has 4 nitrogen and oxygen atoms in total. The fourth-order valence-electron chi connectivity index (χ4n) is 4.00. The Morgan fingerprint density at radius 1 is 1.15 bits per heavy atom. The highest BCUT2D eigenvalue weighted by Crippen LogP contribution is 2.35. The van der Waals surface area contributed by atoms with Gasteiger partial charge in [0, 0.05) is 24.0 Å². The van der Waals surface area contributed by atoms with Gasteiger partial charge in [0.25, 0.3) is 0 Å². The molecule has 140 valence electrons. The van der Waals surface area contributed by atoms with Gasteiger partial charge in [0.05, 0.1) is 20.8 Å². The molecule has 2 aromatic carbocycles. The van der Waals surface area contributed by atoms with Crippen molar-refractivity contribution in [3.63, 3.8) is 0 Å². The first-order valence-electron chi connectivity index (χ1n) is 9.24. The zero-order valence-electron chi connectivity index (χ0n) is 15.8. The lowest BCUT2D eigenvalue weighted by Crippen LogP contribution is -3.14. The lowest BCUT2D eigenvalue weighted by atomic mass is 9.86. The molecule has 0 saturated carbocycles. The van der Waals surface area contributed by atoms with Crippen molar-refractivity contribution in [1.29, 1.82) is 0 Å². The van der Waals surface area contributed by atoms with Crippen LogP contribution in [0.2, 0.25) is 0 Å². The topological polar surface area (TPSA) is 50.5 Å². The Hall–Kier alpha value is -2.11. The van der Waals surface area contributed by atoms with E-state index in [4.69, 9.17) is 9.47 Å². The van der Waals surface area contributed by atoms with Gasteiger partial charge in [-0.15, -0.1) is 0 Å². The zero-order chi connectivity index (χ0) is 18.7. The third kappa shape index (κ3) is 3.69. The number of hydrogen-bond donors (Lipinski definition) is 2. The van der Waals surface area contributed by atoms with E-state index in [1.165, 1.54) is 28.2 Å². The van der Waals surface area contributed by atoms with E-state index in [0.29, 0.717) is 6.04 Å². The number of benzene rings is 2. The molecule has 1 unspecified atom stereocenters. The Bertz CT molecular complexity index is 748. The van der Waals surface area contributed by atoms with Crippen molar-refractivity contribution >= 4 is 0 Å². The first kappa shape index (κ1) is 18.7. The van der Waals surface area contributed by atoms with Gasteiger partial charge in [-0.25, -0.2) is 4.39 Å². The van der Waals surface area contributed by atoms with Gasteiger partial charge < -0.3 is 20.1 Å². The molecule has 0 bridgehead atoms. The van der Waals surface area contributed by atoms with E-state index in [1.54, 1.807) is 14.2 Å². The van der Waals surface area contributed by atoms with Crippen LogP contribution >= 0.6 is 0 Å². The fraction of sp³-hybridized carbons (Fsp3) is 0.429. The van der Waals surface area contributed by atoms with Gasteiger partial charge in [-0.05, 0) is 29.8 Å². The summed E-state index contributed by atoms with van der Waals surface area (Å²) in [7, 11) is 3.35. The molecule has 1 aliphatic heterocycles. The van der Waals surface area contributed by atoms with E-state index in [2.05, 4.69) is 24.8 Å². The molecule has 0 aliphatic carbocycles. The molecule has 0 radical (unpaired) electrons. The maximum Gasteiger partial charge on any atom is 0.166 e. The average Bonchev–Trinajstić information content (AvgIpc) is 2.67. The van der Waals surface area contributed by atoms with Gasteiger partial charge in [0.15, 0.2) is 17.5 Å². The van der Waals surface area contributed by atoms with Crippen LogP contribution in [0.3, 0.4) is 0 Å². The van der Waals surface area contributed by atoms with Crippen molar-refractivity contribution < 1.29 is 24.5 Å². The van der Waals surface area contributed by atoms with Gasteiger partial charge in [0.1, 0.15) is 18.4 Å². The fourth-order valence-corrected chi connectivity index (χ4v) is 4.00. The minimum Gasteiger partial charge on any atom is -0.493 e. The van der Waals surface area contributed by atoms with Crippen LogP contribution in [0.4, 0.5) is 4.39 Å². The molecule has 26 heavy (non-hydrogen) atoms. The van der Waals surface area contributed by atoms with E-state index in [-0.39, 0.29) is 11.9 Å². The number of quaternary nitrogens is 2. The van der Waals surface area contributed by atoms with Crippen LogP contribution in [0.1, 0.15) is 36.1 Å². The maximum atomic E-state index is 13.2. The second-order valence-corrected chi connectivity index (χ2v) is 7.01. The Balaban J connectivity index is 1.96. The van der Waals surface area contributed by atoms with Crippen molar-refractivity contribution in [3.8, 4) is 11.5 Å². The molecule has 2 aromatic rings. The largest absolute Gasteiger partial charge is 0.493 e. The van der Waals surface area contributed by atoms with Gasteiger partial charge in [-0.2, -0.15) is 0 Å². The number of fused-ring (bicyclic) bond motifs is 1. The zero-order valence-corrected chi connectivity index (χ0v) is 15.8. The van der Waals surface area contributed by atoms with Crippen LogP contribution < -0.4 is 20.1 Å². The van der Waals surface area contributed by atoms with Crippen molar-refractivity contribution in [3.05, 3.63) is 58.9 Å². The number of methoxy groups -OCH3 is 2. The molecule has 0 fully saturated rings. The second-order valence-electron chi connectivity index (χ2n) is 7.01. The SMILES string of the molecule is CC[C@@H]([NH3+])[C@H]1c2cc(OC)c(OC)cc2CC[NH+]1Cc1ccc(F)cc1. The Labute approximate surface area is 154 Å². The first-order valence-corrected chi connectivity index (χ1v) is 9.24. The molecule has 0 aromatic heterocycles. The molecular weight excluding hydrogens is 331 g/mol. The standard InChI is InChI=1S/C21H27FN2O2/c1-4-18(23)21-17-12-20(26-3)19(25-2)11-15(17)9-10-24(21)13-14-5-7-16(22)8-6-14/h5-8,11-12,18,21H,4,9-10,13,23H2,1-3H3/p+2/t18-,21-/m1/s1. The van der Waals surface area contributed by atoms with E-state index >= 15 is 0 Å². The minimum absolute atomic E-state index is 0.190. The Morgan fingerprint density at radius 3 is 2.42 bits per heavy atom. The summed E-state index contributed by atoms with van der Waals surface area (Å²) in [5.41, 5.74) is 8.20. The maximum absolute atomic E-state index is 13.2. The predicted octanol–water partition coefficient (Wildman–Crippen LogP) is 1.55. The van der Waals surface area contributed by atoms with Crippen molar-refractivity contribution in [1.82, 2.24) is 0 Å². The third-order valence-electron chi connectivity index (χ3n) is 5.48. The van der Waals surface area contributed by atoms with Gasteiger partial charge in [0.2, 0.25) is 0 Å². The number of halogens is 1. The number of rotatable bonds is 6. The van der Waals surface area contributed by atoms with Crippen LogP contribution in [0.25, 0.3) is 0 Å². The summed E-state index contributed by atoms with van der Waals surface area (Å²) in [5.74, 6) is 1.36. The Morgan fingerprint density at radius 2 is 1.81 bits per heavy atom. The second kappa shape index (κ2) is 8.06. The molecule has 5 heteroatoms. The minimum atomic E-state index is -0.190. The van der Waals surface area contributed by atoms with E-state index < -0.39 is 0 Å². The Kier molecular flexibility index (Phi) is 5.79. The van der Waals surface area contributed by atoms with Gasteiger partial charge in [-0.1, -0.05) is 19.1 Å². The van der Waals surface area contributed by atoms with E-state index in [1.807, 2.05) is 12.1 Å². The van der Waals surface area contributed by atoms with E-state index in [0.717, 1.165) is 43.0 Å². The quantitative estimate of drug-likeness (QED) is 0.821. The van der Waals surface area contributed by atoms with Gasteiger partial charge >= 0.3 is 0 Å². The number of nitrogens with one attached hydrogen (secondary N) is 1. The number of ether oxygens (including phenoxy) is 2. The molecule has 0 saturated heterocycles. The third-order valence-corrected chi connectivity index (χ3v) is 5.48. The van der Waals surface area contributed by atoms with Crippen LogP contribution in [0.5, 0.6) is 11.5 Å². The smallest absolute Gasteiger partial charge is 0.166 e. The van der Waals surface area contributed by atoms with Crippen LogP contribution in [-0.2, 0) is 13.0 Å². The first-order chi connectivity index (χ1) is 12.6. The van der Waals surface area contributed by atoms with E-state index in [9.17, 15) is 4.39 Å². The van der Waals surface area contributed by atoms with Gasteiger partial charge in [-0.3, -0.25) is 0 Å². The molecule has 0 amide bonds. The summed E-state index contributed by atoms with van der Waals surface area (Å²) in [6, 6.07) is 11.7. The summed E-state index contributed by atoms with van der Waals surface area (Å²) in [6.07, 6.45) is 1.99. The van der Waals surface area contributed by atoms with Crippen molar-refractivity contribution in [2.45, 2.75) is 38.4 Å². The molecule has 3 atom stereocenters. The summed E-state index contributed by atoms with van der Waals surface area (Å²) >= 11 is 0. The summed E-state index contributed by atoms with van der Waals surface area (Å²) in [6.45, 7) is 4.07. The number of hydrogen-bond acceptors (Lipinski definition) is 2. The van der Waals surface area contributed by atoms with Crippen LogP contribution in [0, 0.1) is 5.82 Å². The van der Waals surface area contributed by atoms with Crippen molar-refractivity contribution in [2.75, 3.05) is 20.8 Å². The average molecular weight is 360 g/mol. The lowest BCUT2D eigenvalue weighted by molar-refractivity contribution is -0.957. The van der Waals surface area contributed by atoms with Crippen LogP contribution in [0.15, 0.2) is 36.4 Å². The predicted molar refractivity (Wildman–Crippen MR) is 98.9 cm³/mol. The highest BCUT2D eigenvalue weighted by atomic mass is 19.1. The normalized spacial score (nSPS) is 20.3. The molecule has 1 heterocycles. The molecule has 4 N–H and O–H groups in total. The summed E-state index contributed by atoms with van der Waals surface area (Å²) in [5, 5.41) is 0. The summed E-state index contributed by atoms with van der Waals surface area (Å²) < 4.78 is 24.2. The molecule has 0 spiro atoms.